The van der Waals surface area contributed by atoms with E-state index in [4.69, 9.17) is 9.47 Å². The minimum Gasteiger partial charge on any atom is -0.394 e. The lowest BCUT2D eigenvalue weighted by atomic mass is 9.99. The second-order valence-corrected chi connectivity index (χ2v) is 21.5. The van der Waals surface area contributed by atoms with Crippen LogP contribution >= 0.6 is 0 Å². The van der Waals surface area contributed by atoms with Crippen LogP contribution in [-0.4, -0.2) is 87.5 Å². The van der Waals surface area contributed by atoms with E-state index in [-0.39, 0.29) is 12.5 Å². The van der Waals surface area contributed by atoms with Gasteiger partial charge in [-0.25, -0.2) is 0 Å². The van der Waals surface area contributed by atoms with Crippen molar-refractivity contribution in [3.63, 3.8) is 0 Å². The Labute approximate surface area is 455 Å². The Kier molecular flexibility index (Phi) is 50.8. The highest BCUT2D eigenvalue weighted by Crippen LogP contribution is 2.23. The first kappa shape index (κ1) is 69.6. The van der Waals surface area contributed by atoms with Gasteiger partial charge < -0.3 is 40.3 Å². The molecule has 0 aromatic rings. The fourth-order valence-corrected chi connectivity index (χ4v) is 9.66. The van der Waals surface area contributed by atoms with Crippen molar-refractivity contribution in [2.75, 3.05) is 13.2 Å². The van der Waals surface area contributed by atoms with Crippen molar-refractivity contribution in [2.24, 2.45) is 0 Å². The van der Waals surface area contributed by atoms with E-state index in [1.54, 1.807) is 6.08 Å². The molecule has 0 radical (unpaired) electrons. The third kappa shape index (κ3) is 42.7. The summed E-state index contributed by atoms with van der Waals surface area (Å²) in [4.78, 5) is 13.0. The molecule has 1 saturated heterocycles. The average Bonchev–Trinajstić information content (AvgIpc) is 3.40. The van der Waals surface area contributed by atoms with E-state index in [1.165, 1.54) is 186 Å². The van der Waals surface area contributed by atoms with Crippen molar-refractivity contribution in [3.8, 4) is 0 Å². The Morgan fingerprint density at radius 3 is 1.24 bits per heavy atom. The van der Waals surface area contributed by atoms with Crippen molar-refractivity contribution in [1.82, 2.24) is 5.32 Å². The molecule has 1 aliphatic rings. The molecule has 0 bridgehead atoms. The number of hydrogen-bond donors (Lipinski definition) is 6. The first-order chi connectivity index (χ1) is 36.3. The van der Waals surface area contributed by atoms with Gasteiger partial charge in [-0.05, 0) is 64.2 Å². The number of rotatable bonds is 53. The summed E-state index contributed by atoms with van der Waals surface area (Å²) in [5.41, 5.74) is 0. The molecule has 0 aromatic heterocycles. The zero-order valence-electron chi connectivity index (χ0n) is 47.8. The van der Waals surface area contributed by atoms with Crippen molar-refractivity contribution < 1.29 is 39.8 Å². The molecule has 1 heterocycles. The van der Waals surface area contributed by atoms with Crippen LogP contribution in [0.5, 0.6) is 0 Å². The molecule has 0 spiro atoms. The van der Waals surface area contributed by atoms with Crippen LogP contribution in [0, 0.1) is 0 Å². The third-order valence-electron chi connectivity index (χ3n) is 14.5. The number of carbonyl (C=O) groups is 1. The van der Waals surface area contributed by atoms with Crippen molar-refractivity contribution in [3.05, 3.63) is 72.9 Å². The lowest BCUT2D eigenvalue weighted by molar-refractivity contribution is -0.302. The van der Waals surface area contributed by atoms with Crippen LogP contribution in [0.3, 0.4) is 0 Å². The van der Waals surface area contributed by atoms with E-state index >= 15 is 0 Å². The molecule has 1 amide bonds. The number of aliphatic hydroxyl groups is 5. The molecular formula is C65H117NO8. The van der Waals surface area contributed by atoms with Crippen LogP contribution in [0.4, 0.5) is 0 Å². The Morgan fingerprint density at radius 2 is 0.838 bits per heavy atom. The van der Waals surface area contributed by atoms with E-state index in [0.29, 0.717) is 6.42 Å². The van der Waals surface area contributed by atoms with E-state index in [9.17, 15) is 30.3 Å². The number of allylic oxidation sites excluding steroid dienone is 11. The van der Waals surface area contributed by atoms with E-state index < -0.39 is 49.5 Å². The number of amides is 1. The maximum absolute atomic E-state index is 13.0. The summed E-state index contributed by atoms with van der Waals surface area (Å²) in [6.07, 6.45) is 68.6. The minimum absolute atomic E-state index is 0.175. The molecular weight excluding hydrogens is 923 g/mol. The smallest absolute Gasteiger partial charge is 0.220 e. The van der Waals surface area contributed by atoms with Crippen molar-refractivity contribution in [1.29, 1.82) is 0 Å². The number of hydrogen-bond acceptors (Lipinski definition) is 8. The van der Waals surface area contributed by atoms with Crippen LogP contribution in [0.2, 0.25) is 0 Å². The van der Waals surface area contributed by atoms with Crippen LogP contribution in [0.15, 0.2) is 72.9 Å². The summed E-state index contributed by atoms with van der Waals surface area (Å²) in [5.74, 6) is -0.175. The molecule has 0 aliphatic carbocycles. The van der Waals surface area contributed by atoms with E-state index in [2.05, 4.69) is 79.9 Å². The van der Waals surface area contributed by atoms with E-state index in [0.717, 1.165) is 70.6 Å². The second kappa shape index (κ2) is 54.0. The van der Waals surface area contributed by atoms with Gasteiger partial charge in [0.05, 0.1) is 25.4 Å². The summed E-state index contributed by atoms with van der Waals surface area (Å²) in [7, 11) is 0. The number of nitrogens with one attached hydrogen (secondary N) is 1. The van der Waals surface area contributed by atoms with Gasteiger partial charge in [0.25, 0.3) is 0 Å². The summed E-state index contributed by atoms with van der Waals surface area (Å²) < 4.78 is 11.3. The molecule has 1 fully saturated rings. The first-order valence-corrected chi connectivity index (χ1v) is 31.2. The van der Waals surface area contributed by atoms with Gasteiger partial charge in [0.15, 0.2) is 6.29 Å². The van der Waals surface area contributed by atoms with Gasteiger partial charge in [-0.2, -0.15) is 0 Å². The highest BCUT2D eigenvalue weighted by atomic mass is 16.7. The molecule has 0 saturated carbocycles. The Bertz CT molecular complexity index is 1390. The predicted octanol–water partition coefficient (Wildman–Crippen LogP) is 16.0. The molecule has 1 rings (SSSR count). The summed E-state index contributed by atoms with van der Waals surface area (Å²) >= 11 is 0. The number of ether oxygens (including phenoxy) is 2. The van der Waals surface area contributed by atoms with Crippen LogP contribution in [0.1, 0.15) is 277 Å². The van der Waals surface area contributed by atoms with Gasteiger partial charge >= 0.3 is 0 Å². The van der Waals surface area contributed by atoms with Crippen LogP contribution in [0.25, 0.3) is 0 Å². The molecule has 1 aliphatic heterocycles. The number of carbonyl (C=O) groups excluding carboxylic acids is 1. The summed E-state index contributed by atoms with van der Waals surface area (Å²) in [5, 5.41) is 54.4. The number of unbranched alkanes of at least 4 members (excludes halogenated alkanes) is 33. The minimum atomic E-state index is -1.57. The fraction of sp³-hybridized carbons (Fsp3) is 0.800. The summed E-state index contributed by atoms with van der Waals surface area (Å²) in [6, 6.07) is -0.804. The predicted molar refractivity (Wildman–Crippen MR) is 313 cm³/mol. The first-order valence-electron chi connectivity index (χ1n) is 31.2. The van der Waals surface area contributed by atoms with Gasteiger partial charge in [0.2, 0.25) is 5.91 Å². The Morgan fingerprint density at radius 1 is 0.473 bits per heavy atom. The standard InChI is InChI=1S/C65H117NO8/c1-3-5-7-9-11-13-15-17-18-19-20-21-22-23-24-25-26-27-28-29-30-31-32-33-34-35-36-37-38-39-40-41-42-43-45-47-49-51-53-55-61(69)66-58(57-73-65-64(72)63(71)62(70)60(56-67)74-65)59(68)54-52-50-48-46-44-16-14-12-10-8-6-4-2/h5,7,11,13,17-18,20-21,23-24,52,54,58-60,62-65,67-68,70-72H,3-4,6,8-10,12,14-16,19,22,25-51,53,55-57H2,1-2H3,(H,66,69)/b7-5-,13-11-,18-17-,21-20-,24-23-,54-52+. The third-order valence-corrected chi connectivity index (χ3v) is 14.5. The summed E-state index contributed by atoms with van der Waals surface area (Å²) in [6.45, 7) is 3.66. The van der Waals surface area contributed by atoms with Gasteiger partial charge in [0, 0.05) is 6.42 Å². The van der Waals surface area contributed by atoms with Crippen LogP contribution < -0.4 is 5.32 Å². The lowest BCUT2D eigenvalue weighted by Crippen LogP contribution is -2.60. The Balaban J connectivity index is 2.04. The van der Waals surface area contributed by atoms with Gasteiger partial charge in [-0.15, -0.1) is 0 Å². The SMILES string of the molecule is CC/C=C\C/C=C\C/C=C\C/C=C\C/C=C\CCCCCCCCCCCCCCCCCCCCCCCCCC(=O)NC(COC1OC(CO)C(O)C(O)C1O)C(O)/C=C/CCCCCCCCCCCC. The molecule has 9 heteroatoms. The molecule has 9 nitrogen and oxygen atoms in total. The highest BCUT2D eigenvalue weighted by molar-refractivity contribution is 5.76. The topological polar surface area (TPSA) is 149 Å². The van der Waals surface area contributed by atoms with E-state index in [1.807, 2.05) is 6.08 Å². The molecule has 7 unspecified atom stereocenters. The maximum Gasteiger partial charge on any atom is 0.220 e. The lowest BCUT2D eigenvalue weighted by Gasteiger charge is -2.40. The molecule has 7 atom stereocenters. The number of aliphatic hydroxyl groups excluding tert-OH is 5. The average molecular weight is 1040 g/mol. The van der Waals surface area contributed by atoms with Crippen molar-refractivity contribution in [2.45, 2.75) is 320 Å². The fourth-order valence-electron chi connectivity index (χ4n) is 9.66. The monoisotopic (exact) mass is 1040 g/mol. The van der Waals surface area contributed by atoms with Crippen LogP contribution in [-0.2, 0) is 14.3 Å². The highest BCUT2D eigenvalue weighted by Gasteiger charge is 2.44. The molecule has 74 heavy (non-hydrogen) atoms. The maximum atomic E-state index is 13.0. The zero-order valence-corrected chi connectivity index (χ0v) is 47.8. The molecule has 6 N–H and O–H groups in total. The van der Waals surface area contributed by atoms with Crippen molar-refractivity contribution >= 4 is 5.91 Å². The van der Waals surface area contributed by atoms with Gasteiger partial charge in [0.1, 0.15) is 24.4 Å². The largest absolute Gasteiger partial charge is 0.394 e. The van der Waals surface area contributed by atoms with Gasteiger partial charge in [-0.3, -0.25) is 4.79 Å². The normalized spacial score (nSPS) is 19.5. The molecule has 430 valence electrons. The zero-order chi connectivity index (χ0) is 53.6. The Hall–Kier alpha value is -2.37. The van der Waals surface area contributed by atoms with Gasteiger partial charge in [-0.1, -0.05) is 279 Å². The molecule has 0 aromatic carbocycles. The second-order valence-electron chi connectivity index (χ2n) is 21.5. The quantitative estimate of drug-likeness (QED) is 0.0261.